The number of hydrogen-bond acceptors (Lipinski definition) is 2. The van der Waals surface area contributed by atoms with E-state index in [-0.39, 0.29) is 11.8 Å². The van der Waals surface area contributed by atoms with Crippen molar-refractivity contribution in [2.24, 2.45) is 5.92 Å². The number of anilines is 1. The molecule has 0 radical (unpaired) electrons. The first-order valence-electron chi connectivity index (χ1n) is 7.40. The summed E-state index contributed by atoms with van der Waals surface area (Å²) in [6.45, 7) is 3.95. The van der Waals surface area contributed by atoms with E-state index in [2.05, 4.69) is 29.7 Å². The number of benzene rings is 1. The monoisotopic (exact) mass is 260 g/mol. The molecule has 0 atom stereocenters. The van der Waals surface area contributed by atoms with Gasteiger partial charge in [0.15, 0.2) is 0 Å². The van der Waals surface area contributed by atoms with Crippen LogP contribution >= 0.6 is 0 Å². The molecular weight excluding hydrogens is 236 g/mol. The molecule has 0 aromatic heterocycles. The Morgan fingerprint density at radius 3 is 2.47 bits per heavy atom. The van der Waals surface area contributed by atoms with E-state index in [1.807, 2.05) is 12.1 Å². The van der Waals surface area contributed by atoms with Crippen molar-refractivity contribution in [1.82, 2.24) is 5.32 Å². The Balaban J connectivity index is 1.86. The maximum Gasteiger partial charge on any atom is 0.227 e. The second kappa shape index (κ2) is 7.29. The number of rotatable bonds is 5. The van der Waals surface area contributed by atoms with Crippen molar-refractivity contribution in [2.45, 2.75) is 45.6 Å². The molecule has 3 heteroatoms. The van der Waals surface area contributed by atoms with Gasteiger partial charge in [-0.1, -0.05) is 38.3 Å². The van der Waals surface area contributed by atoms with Crippen LogP contribution in [-0.2, 0) is 11.3 Å². The van der Waals surface area contributed by atoms with Crippen molar-refractivity contribution >= 4 is 11.6 Å². The lowest BCUT2D eigenvalue weighted by molar-refractivity contribution is -0.120. The highest BCUT2D eigenvalue weighted by atomic mass is 16.1. The Kier molecular flexibility index (Phi) is 5.40. The highest BCUT2D eigenvalue weighted by Crippen LogP contribution is 2.25. The lowest BCUT2D eigenvalue weighted by Crippen LogP contribution is -2.24. The molecule has 1 amide bonds. The molecule has 0 saturated heterocycles. The molecule has 0 heterocycles. The minimum Gasteiger partial charge on any atom is -0.326 e. The first kappa shape index (κ1) is 14.1. The van der Waals surface area contributed by atoms with Crippen LogP contribution < -0.4 is 10.6 Å². The summed E-state index contributed by atoms with van der Waals surface area (Å²) in [7, 11) is 0. The predicted molar refractivity (Wildman–Crippen MR) is 79.0 cm³/mol. The van der Waals surface area contributed by atoms with Gasteiger partial charge in [-0.25, -0.2) is 0 Å². The van der Waals surface area contributed by atoms with Crippen molar-refractivity contribution in [3.05, 3.63) is 29.8 Å². The van der Waals surface area contributed by atoms with Gasteiger partial charge in [0.05, 0.1) is 0 Å². The Hall–Kier alpha value is -1.35. The van der Waals surface area contributed by atoms with E-state index in [4.69, 9.17) is 0 Å². The van der Waals surface area contributed by atoms with E-state index in [1.165, 1.54) is 24.8 Å². The molecule has 0 unspecified atom stereocenters. The third-order valence-corrected chi connectivity index (χ3v) is 3.78. The van der Waals surface area contributed by atoms with E-state index < -0.39 is 0 Å². The van der Waals surface area contributed by atoms with Gasteiger partial charge in [0.2, 0.25) is 5.91 Å². The Labute approximate surface area is 115 Å². The van der Waals surface area contributed by atoms with Crippen LogP contribution in [0.5, 0.6) is 0 Å². The topological polar surface area (TPSA) is 41.1 Å². The molecule has 1 aromatic carbocycles. The molecule has 0 bridgehead atoms. The molecule has 1 saturated carbocycles. The van der Waals surface area contributed by atoms with Gasteiger partial charge in [0, 0.05) is 18.2 Å². The number of carbonyl (C=O) groups excluding carboxylic acids is 1. The van der Waals surface area contributed by atoms with Crippen LogP contribution in [0.1, 0.15) is 44.6 Å². The molecule has 1 aliphatic carbocycles. The fraction of sp³-hybridized carbons (Fsp3) is 0.562. The Morgan fingerprint density at radius 1 is 1.16 bits per heavy atom. The fourth-order valence-corrected chi connectivity index (χ4v) is 2.58. The zero-order chi connectivity index (χ0) is 13.5. The lowest BCUT2D eigenvalue weighted by atomic mass is 9.88. The van der Waals surface area contributed by atoms with Gasteiger partial charge >= 0.3 is 0 Å². The van der Waals surface area contributed by atoms with Crippen molar-refractivity contribution in [1.29, 1.82) is 0 Å². The molecule has 2 rings (SSSR count). The molecule has 1 aromatic rings. The maximum atomic E-state index is 12.1. The highest BCUT2D eigenvalue weighted by Gasteiger charge is 2.20. The van der Waals surface area contributed by atoms with E-state index in [0.29, 0.717) is 0 Å². The number of amides is 1. The standard InChI is InChI=1S/C16H24N2O/c1-2-17-12-13-8-10-15(11-9-13)18-16(19)14-6-4-3-5-7-14/h8-11,14,17H,2-7,12H2,1H3,(H,18,19). The largest absolute Gasteiger partial charge is 0.326 e. The molecule has 1 aliphatic rings. The first-order valence-corrected chi connectivity index (χ1v) is 7.40. The van der Waals surface area contributed by atoms with Crippen molar-refractivity contribution in [3.63, 3.8) is 0 Å². The first-order chi connectivity index (χ1) is 9.29. The van der Waals surface area contributed by atoms with Crippen LogP contribution in [0, 0.1) is 5.92 Å². The van der Waals surface area contributed by atoms with Crippen LogP contribution in [0.25, 0.3) is 0 Å². The molecule has 0 spiro atoms. The van der Waals surface area contributed by atoms with E-state index in [1.54, 1.807) is 0 Å². The quantitative estimate of drug-likeness (QED) is 0.852. The predicted octanol–water partition coefficient (Wildman–Crippen LogP) is 3.31. The van der Waals surface area contributed by atoms with Gasteiger partial charge in [0.1, 0.15) is 0 Å². The second-order valence-electron chi connectivity index (χ2n) is 5.30. The third-order valence-electron chi connectivity index (χ3n) is 3.78. The van der Waals surface area contributed by atoms with Gasteiger partial charge in [-0.2, -0.15) is 0 Å². The van der Waals surface area contributed by atoms with Crippen LogP contribution in [0.3, 0.4) is 0 Å². The Bertz CT molecular complexity index is 394. The summed E-state index contributed by atoms with van der Waals surface area (Å²) in [5.74, 6) is 0.411. The molecule has 3 nitrogen and oxygen atoms in total. The maximum absolute atomic E-state index is 12.1. The van der Waals surface area contributed by atoms with E-state index >= 15 is 0 Å². The Morgan fingerprint density at radius 2 is 1.84 bits per heavy atom. The zero-order valence-corrected chi connectivity index (χ0v) is 11.7. The van der Waals surface area contributed by atoms with Gasteiger partial charge in [0.25, 0.3) is 0 Å². The molecule has 104 valence electrons. The molecule has 2 N–H and O–H groups in total. The smallest absolute Gasteiger partial charge is 0.227 e. The summed E-state index contributed by atoms with van der Waals surface area (Å²) in [6, 6.07) is 8.12. The van der Waals surface area contributed by atoms with Crippen LogP contribution in [0.2, 0.25) is 0 Å². The normalized spacial score (nSPS) is 16.3. The second-order valence-corrected chi connectivity index (χ2v) is 5.30. The summed E-state index contributed by atoms with van der Waals surface area (Å²) < 4.78 is 0. The summed E-state index contributed by atoms with van der Waals surface area (Å²) in [6.07, 6.45) is 5.76. The minimum absolute atomic E-state index is 0.194. The van der Waals surface area contributed by atoms with Crippen LogP contribution in [-0.4, -0.2) is 12.5 Å². The van der Waals surface area contributed by atoms with E-state index in [9.17, 15) is 4.79 Å². The van der Waals surface area contributed by atoms with Crippen molar-refractivity contribution < 1.29 is 4.79 Å². The van der Waals surface area contributed by atoms with Gasteiger partial charge < -0.3 is 10.6 Å². The van der Waals surface area contributed by atoms with Crippen LogP contribution in [0.15, 0.2) is 24.3 Å². The lowest BCUT2D eigenvalue weighted by Gasteiger charge is -2.20. The van der Waals surface area contributed by atoms with E-state index in [0.717, 1.165) is 31.6 Å². The molecule has 1 fully saturated rings. The average Bonchev–Trinajstić information content (AvgIpc) is 2.47. The summed E-state index contributed by atoms with van der Waals surface area (Å²) >= 11 is 0. The average molecular weight is 260 g/mol. The molecular formula is C16H24N2O. The van der Waals surface area contributed by atoms with Crippen molar-refractivity contribution in [2.75, 3.05) is 11.9 Å². The van der Waals surface area contributed by atoms with Crippen LogP contribution in [0.4, 0.5) is 5.69 Å². The number of carbonyl (C=O) groups is 1. The third kappa shape index (κ3) is 4.35. The number of nitrogens with one attached hydrogen (secondary N) is 2. The minimum atomic E-state index is 0.194. The van der Waals surface area contributed by atoms with Crippen molar-refractivity contribution in [3.8, 4) is 0 Å². The zero-order valence-electron chi connectivity index (χ0n) is 11.7. The highest BCUT2D eigenvalue weighted by molar-refractivity contribution is 5.92. The summed E-state index contributed by atoms with van der Waals surface area (Å²) in [5.41, 5.74) is 2.16. The number of hydrogen-bond donors (Lipinski definition) is 2. The summed E-state index contributed by atoms with van der Waals surface area (Å²) in [4.78, 5) is 12.1. The fourth-order valence-electron chi connectivity index (χ4n) is 2.58. The summed E-state index contributed by atoms with van der Waals surface area (Å²) in [5, 5.41) is 6.32. The molecule has 0 aliphatic heterocycles. The van der Waals surface area contributed by atoms with Gasteiger partial charge in [-0.05, 0) is 37.1 Å². The van der Waals surface area contributed by atoms with Gasteiger partial charge in [-0.15, -0.1) is 0 Å². The molecule has 19 heavy (non-hydrogen) atoms. The SMILES string of the molecule is CCNCc1ccc(NC(=O)C2CCCCC2)cc1. The van der Waals surface area contributed by atoms with Gasteiger partial charge in [-0.3, -0.25) is 4.79 Å².